The van der Waals surface area contributed by atoms with E-state index in [0.29, 0.717) is 30.9 Å². The third-order valence-electron chi connectivity index (χ3n) is 4.56. The highest BCUT2D eigenvalue weighted by Gasteiger charge is 2.26. The molecule has 1 aliphatic heterocycles. The summed E-state index contributed by atoms with van der Waals surface area (Å²) in [6.07, 6.45) is 4.93. The molecular formula is C19H25FN4O3S. The van der Waals surface area contributed by atoms with Crippen molar-refractivity contribution in [2.75, 3.05) is 25.9 Å². The van der Waals surface area contributed by atoms with Crippen molar-refractivity contribution in [3.05, 3.63) is 47.4 Å². The van der Waals surface area contributed by atoms with E-state index in [1.807, 2.05) is 0 Å². The molecule has 0 saturated carbocycles. The number of aliphatic imine (C=N–C) groups is 1. The minimum Gasteiger partial charge on any atom is -0.352 e. The molecule has 0 aliphatic carbocycles. The highest BCUT2D eigenvalue weighted by Crippen LogP contribution is 2.18. The zero-order valence-electron chi connectivity index (χ0n) is 16.0. The molecule has 1 aromatic rings. The molecular weight excluding hydrogens is 383 g/mol. The molecule has 1 saturated heterocycles. The number of hydrogen-bond acceptors (Lipinski definition) is 5. The Hall–Kier alpha value is -2.39. The van der Waals surface area contributed by atoms with Gasteiger partial charge in [-0.05, 0) is 43.4 Å². The fourth-order valence-corrected chi connectivity index (χ4v) is 3.89. The molecule has 0 bridgehead atoms. The average Bonchev–Trinajstić information content (AvgIpc) is 2.66. The zero-order valence-corrected chi connectivity index (χ0v) is 16.8. The van der Waals surface area contributed by atoms with E-state index in [9.17, 15) is 17.6 Å². The maximum atomic E-state index is 13.3. The lowest BCUT2D eigenvalue weighted by molar-refractivity contribution is -0.117. The predicted octanol–water partition coefficient (Wildman–Crippen LogP) is 1.96. The van der Waals surface area contributed by atoms with Gasteiger partial charge in [0.1, 0.15) is 5.82 Å². The first-order valence-corrected chi connectivity index (χ1v) is 10.8. The number of sulfonamides is 1. The van der Waals surface area contributed by atoms with Gasteiger partial charge in [0.25, 0.3) is 5.91 Å². The molecule has 0 spiro atoms. The van der Waals surface area contributed by atoms with Gasteiger partial charge >= 0.3 is 0 Å². The van der Waals surface area contributed by atoms with E-state index in [0.717, 1.165) is 19.1 Å². The van der Waals surface area contributed by atoms with Gasteiger partial charge in [-0.1, -0.05) is 12.1 Å². The van der Waals surface area contributed by atoms with E-state index in [4.69, 9.17) is 5.41 Å². The van der Waals surface area contributed by atoms with Crippen LogP contribution >= 0.6 is 0 Å². The van der Waals surface area contributed by atoms with Crippen molar-refractivity contribution in [1.29, 1.82) is 5.41 Å². The summed E-state index contributed by atoms with van der Waals surface area (Å²) in [7, 11) is -3.24. The van der Waals surface area contributed by atoms with Crippen LogP contribution in [0.1, 0.15) is 25.3 Å². The third-order valence-corrected chi connectivity index (χ3v) is 5.83. The number of amides is 1. The lowest BCUT2D eigenvalue weighted by Crippen LogP contribution is -2.43. The van der Waals surface area contributed by atoms with Gasteiger partial charge in [-0.3, -0.25) is 9.79 Å². The zero-order chi connectivity index (χ0) is 20.7. The number of piperidine rings is 1. The molecule has 2 rings (SSSR count). The number of rotatable bonds is 7. The summed E-state index contributed by atoms with van der Waals surface area (Å²) in [5, 5.41) is 10.2. The van der Waals surface area contributed by atoms with Crippen LogP contribution in [0.3, 0.4) is 0 Å². The minimum absolute atomic E-state index is 0.0249. The predicted molar refractivity (Wildman–Crippen MR) is 108 cm³/mol. The highest BCUT2D eigenvalue weighted by molar-refractivity contribution is 7.88. The number of carbonyl (C=O) groups is 1. The molecule has 2 N–H and O–H groups in total. The Morgan fingerprint density at radius 2 is 2.21 bits per heavy atom. The largest absolute Gasteiger partial charge is 0.352 e. The molecule has 1 fully saturated rings. The Bertz CT molecular complexity index is 896. The van der Waals surface area contributed by atoms with Gasteiger partial charge in [0, 0.05) is 37.8 Å². The molecule has 152 valence electrons. The van der Waals surface area contributed by atoms with Gasteiger partial charge < -0.3 is 10.7 Å². The highest BCUT2D eigenvalue weighted by atomic mass is 32.2. The number of halogens is 1. The van der Waals surface area contributed by atoms with Crippen molar-refractivity contribution in [2.45, 2.75) is 19.8 Å². The number of carbonyl (C=O) groups excluding carboxylic acids is 1. The summed E-state index contributed by atoms with van der Waals surface area (Å²) >= 11 is 0. The quantitative estimate of drug-likeness (QED) is 0.532. The van der Waals surface area contributed by atoms with Crippen LogP contribution in [0.4, 0.5) is 4.39 Å². The number of nitrogens with one attached hydrogen (secondary N) is 2. The van der Waals surface area contributed by atoms with E-state index < -0.39 is 15.9 Å². The molecule has 1 aliphatic rings. The Kier molecular flexibility index (Phi) is 7.59. The first-order valence-electron chi connectivity index (χ1n) is 8.95. The normalized spacial score (nSPS) is 19.3. The number of hydrogen-bond donors (Lipinski definition) is 2. The molecule has 1 atom stereocenters. The summed E-state index contributed by atoms with van der Waals surface area (Å²) < 4.78 is 38.1. The van der Waals surface area contributed by atoms with Crippen LogP contribution in [0.2, 0.25) is 0 Å². The summed E-state index contributed by atoms with van der Waals surface area (Å²) in [5.74, 6) is -0.809. The topological polar surface area (TPSA) is 103 Å². The van der Waals surface area contributed by atoms with Gasteiger partial charge in [-0.2, -0.15) is 0 Å². The van der Waals surface area contributed by atoms with Gasteiger partial charge in [0.2, 0.25) is 10.0 Å². The molecule has 7 nitrogen and oxygen atoms in total. The van der Waals surface area contributed by atoms with Crippen LogP contribution in [-0.4, -0.2) is 56.4 Å². The van der Waals surface area contributed by atoms with Crippen LogP contribution in [0.25, 0.3) is 0 Å². The lowest BCUT2D eigenvalue weighted by atomic mass is 9.99. The molecule has 28 heavy (non-hydrogen) atoms. The molecule has 1 heterocycles. The third kappa shape index (κ3) is 6.35. The Balaban J connectivity index is 1.98. The second kappa shape index (κ2) is 9.70. The Morgan fingerprint density at radius 3 is 2.86 bits per heavy atom. The van der Waals surface area contributed by atoms with Crippen LogP contribution in [0.15, 0.2) is 41.0 Å². The Labute approximate surface area is 164 Å². The van der Waals surface area contributed by atoms with Crippen LogP contribution < -0.4 is 5.32 Å². The van der Waals surface area contributed by atoms with E-state index in [1.54, 1.807) is 19.1 Å². The summed E-state index contributed by atoms with van der Waals surface area (Å²) in [5.41, 5.74) is 1.17. The van der Waals surface area contributed by atoms with Crippen LogP contribution in [-0.2, 0) is 14.8 Å². The Morgan fingerprint density at radius 1 is 1.46 bits per heavy atom. The minimum atomic E-state index is -3.24. The second-order valence-corrected chi connectivity index (χ2v) is 8.78. The smallest absolute Gasteiger partial charge is 0.254 e. The van der Waals surface area contributed by atoms with Crippen LogP contribution in [0.5, 0.6) is 0 Å². The van der Waals surface area contributed by atoms with Gasteiger partial charge in [-0.25, -0.2) is 17.1 Å². The van der Waals surface area contributed by atoms with Crippen molar-refractivity contribution in [3.8, 4) is 0 Å². The van der Waals surface area contributed by atoms with Crippen LogP contribution in [0, 0.1) is 17.1 Å². The van der Waals surface area contributed by atoms with E-state index >= 15 is 0 Å². The van der Waals surface area contributed by atoms with Gasteiger partial charge in [-0.15, -0.1) is 0 Å². The lowest BCUT2D eigenvalue weighted by Gasteiger charge is -2.30. The summed E-state index contributed by atoms with van der Waals surface area (Å²) in [6, 6.07) is 5.95. The van der Waals surface area contributed by atoms with Crippen molar-refractivity contribution in [1.82, 2.24) is 9.62 Å². The fourth-order valence-electron chi connectivity index (χ4n) is 2.95. The van der Waals surface area contributed by atoms with Gasteiger partial charge in [0.15, 0.2) is 0 Å². The van der Waals surface area contributed by atoms with Crippen molar-refractivity contribution in [2.24, 2.45) is 10.9 Å². The molecule has 0 aromatic heterocycles. The first-order chi connectivity index (χ1) is 13.2. The molecule has 1 aromatic carbocycles. The summed E-state index contributed by atoms with van der Waals surface area (Å²) in [4.78, 5) is 16.5. The van der Waals surface area contributed by atoms with Gasteiger partial charge in [0.05, 0.1) is 11.8 Å². The fraction of sp³-hybridized carbons (Fsp3) is 0.421. The van der Waals surface area contributed by atoms with Crippen molar-refractivity contribution >= 4 is 27.9 Å². The SMILES string of the molecule is C/C(=N\C=C(/C=N)C(=O)NCC1CCCN(S(C)(=O)=O)C1)c1cccc(F)c1. The molecule has 1 amide bonds. The first kappa shape index (κ1) is 21.9. The molecule has 9 heteroatoms. The maximum absolute atomic E-state index is 13.3. The van der Waals surface area contributed by atoms with E-state index in [1.165, 1.54) is 28.9 Å². The number of benzene rings is 1. The molecule has 1 unspecified atom stereocenters. The second-order valence-electron chi connectivity index (χ2n) is 6.79. The van der Waals surface area contributed by atoms with Crippen molar-refractivity contribution < 1.29 is 17.6 Å². The van der Waals surface area contributed by atoms with E-state index in [-0.39, 0.29) is 17.3 Å². The molecule has 0 radical (unpaired) electrons. The average molecular weight is 408 g/mol. The monoisotopic (exact) mass is 408 g/mol. The maximum Gasteiger partial charge on any atom is 0.254 e. The standard InChI is InChI=1S/C19H25FN4O3S/c1-14(16-6-3-7-18(20)9-16)22-12-17(10-21)19(25)23-11-15-5-4-8-24(13-15)28(2,26)27/h3,6-7,9-10,12,15,21H,4-5,8,11,13H2,1-2H3,(H,23,25)/b17-12+,21-10?,22-14+. The van der Waals surface area contributed by atoms with E-state index in [2.05, 4.69) is 10.3 Å². The van der Waals surface area contributed by atoms with Crippen molar-refractivity contribution in [3.63, 3.8) is 0 Å². The summed E-state index contributed by atoms with van der Waals surface area (Å²) in [6.45, 7) is 2.89. The number of nitrogens with zero attached hydrogens (tertiary/aromatic N) is 2.